The zero-order chi connectivity index (χ0) is 20.5. The molecule has 0 unspecified atom stereocenters. The molecule has 0 heterocycles. The van der Waals surface area contributed by atoms with E-state index in [0.29, 0.717) is 11.4 Å². The summed E-state index contributed by atoms with van der Waals surface area (Å²) in [5.74, 6) is 1.48. The molecule has 27 heavy (non-hydrogen) atoms. The first-order chi connectivity index (χ1) is 12.3. The van der Waals surface area contributed by atoms with E-state index in [2.05, 4.69) is 25.3 Å². The zero-order valence-corrected chi connectivity index (χ0v) is 20.5. The van der Waals surface area contributed by atoms with Crippen LogP contribution >= 0.6 is 0 Å². The maximum Gasteiger partial charge on any atom is 2.00 e. The number of aryl methyl sites for hydroxylation is 2. The van der Waals surface area contributed by atoms with E-state index in [-0.39, 0.29) is 19.5 Å². The fourth-order valence-electron chi connectivity index (χ4n) is 1.71. The predicted octanol–water partition coefficient (Wildman–Crippen LogP) is 3.20. The quantitative estimate of drug-likeness (QED) is 0.307. The van der Waals surface area contributed by atoms with Gasteiger partial charge in [-0.15, -0.1) is 0 Å². The zero-order valence-electron chi connectivity index (χ0n) is 15.9. The number of nitriles is 2. The topological polar surface area (TPSA) is 118 Å². The number of hydrogen-bond donors (Lipinski definition) is 2. The van der Waals surface area contributed by atoms with Crippen molar-refractivity contribution in [3.63, 3.8) is 0 Å². The van der Waals surface area contributed by atoms with Crippen LogP contribution in [0.3, 0.4) is 0 Å². The molecule has 2 aromatic rings. The van der Waals surface area contributed by atoms with Gasteiger partial charge < -0.3 is 46.2 Å². The van der Waals surface area contributed by atoms with E-state index < -0.39 is 0 Å². The Hall–Kier alpha value is -2.32. The van der Waals surface area contributed by atoms with Crippen LogP contribution in [0, 0.1) is 35.2 Å². The second-order valence-corrected chi connectivity index (χ2v) is 5.04. The number of thiocyanates is 2. The van der Waals surface area contributed by atoms with Crippen LogP contribution in [-0.2, 0) is 44.7 Å². The van der Waals surface area contributed by atoms with Gasteiger partial charge in [-0.2, -0.15) is 0 Å². The molecular formula is C18H22N4O2S2Zn. The number of nitrogen functional groups attached to an aromatic ring is 2. The molecular weight excluding hydrogens is 434 g/mol. The van der Waals surface area contributed by atoms with Crippen molar-refractivity contribution in [2.45, 2.75) is 13.8 Å². The number of nitrogens with two attached hydrogens (primary N) is 2. The van der Waals surface area contributed by atoms with Gasteiger partial charge in [-0.05, 0) is 49.2 Å². The average molecular weight is 456 g/mol. The van der Waals surface area contributed by atoms with Gasteiger partial charge in [0.2, 0.25) is 0 Å². The van der Waals surface area contributed by atoms with Crippen molar-refractivity contribution in [1.82, 2.24) is 0 Å². The Morgan fingerprint density at radius 2 is 1.04 bits per heavy atom. The largest absolute Gasteiger partial charge is 2.00 e. The van der Waals surface area contributed by atoms with Crippen molar-refractivity contribution in [2.24, 2.45) is 0 Å². The molecule has 0 aliphatic heterocycles. The minimum Gasteiger partial charge on any atom is -0.696 e. The van der Waals surface area contributed by atoms with Crippen LogP contribution in [0.15, 0.2) is 36.4 Å². The van der Waals surface area contributed by atoms with Gasteiger partial charge in [0.05, 0.1) is 25.6 Å². The summed E-state index contributed by atoms with van der Waals surface area (Å²) < 4.78 is 9.95. The van der Waals surface area contributed by atoms with Gasteiger partial charge in [0, 0.05) is 0 Å². The van der Waals surface area contributed by atoms with E-state index in [9.17, 15) is 0 Å². The van der Waals surface area contributed by atoms with Crippen molar-refractivity contribution >= 4 is 36.6 Å². The fourth-order valence-corrected chi connectivity index (χ4v) is 1.71. The van der Waals surface area contributed by atoms with E-state index in [4.69, 9.17) is 31.5 Å². The van der Waals surface area contributed by atoms with E-state index in [0.717, 1.165) is 22.6 Å². The SMILES string of the molecule is COc1ccc(C)cc1N.COc1ccc(C)cc1N.N#C[S-].N#C[S-].[Zn+2]. The molecule has 0 saturated heterocycles. The number of hydrogen-bond acceptors (Lipinski definition) is 8. The number of benzene rings is 2. The molecule has 0 atom stereocenters. The van der Waals surface area contributed by atoms with Crippen molar-refractivity contribution < 1.29 is 29.0 Å². The Balaban J connectivity index is -0.000000322. The summed E-state index contributed by atoms with van der Waals surface area (Å²) in [5.41, 5.74) is 14.9. The second-order valence-electron chi connectivity index (χ2n) is 4.67. The Morgan fingerprint density at radius 3 is 1.22 bits per heavy atom. The number of methoxy groups -OCH3 is 2. The molecule has 0 spiro atoms. The molecule has 0 amide bonds. The van der Waals surface area contributed by atoms with Gasteiger partial charge in [-0.1, -0.05) is 22.9 Å². The fraction of sp³-hybridized carbons (Fsp3) is 0.222. The van der Waals surface area contributed by atoms with Crippen molar-refractivity contribution in [2.75, 3.05) is 25.7 Å². The summed E-state index contributed by atoms with van der Waals surface area (Å²) in [4.78, 5) is 0. The first kappa shape index (κ1) is 29.4. The summed E-state index contributed by atoms with van der Waals surface area (Å²) in [6.45, 7) is 3.99. The normalized spacial score (nSPS) is 7.48. The van der Waals surface area contributed by atoms with E-state index in [1.165, 1.54) is 10.8 Å². The summed E-state index contributed by atoms with van der Waals surface area (Å²) >= 11 is 7.40. The van der Waals surface area contributed by atoms with Crippen LogP contribution in [0.5, 0.6) is 11.5 Å². The molecule has 4 N–H and O–H groups in total. The standard InChI is InChI=1S/2C8H11NO.2CHNS.Zn/c2*1-6-3-4-8(10-2)7(9)5-6;2*2-1-3;/h2*3-5H,9H2,1-2H3;2*3H;/q;;;;+2/p-2. The van der Waals surface area contributed by atoms with Crippen LogP contribution in [-0.4, -0.2) is 14.2 Å². The Morgan fingerprint density at radius 1 is 0.778 bits per heavy atom. The molecule has 9 heteroatoms. The number of ether oxygens (including phenoxy) is 2. The van der Waals surface area contributed by atoms with Crippen molar-refractivity contribution in [3.8, 4) is 22.3 Å². The first-order valence-electron chi connectivity index (χ1n) is 7.13. The number of nitrogens with zero attached hydrogens (tertiary/aromatic N) is 2. The maximum absolute atomic E-state index is 7.13. The van der Waals surface area contributed by atoms with Crippen LogP contribution in [0.25, 0.3) is 0 Å². The van der Waals surface area contributed by atoms with E-state index in [1.807, 2.05) is 50.2 Å². The van der Waals surface area contributed by atoms with Gasteiger partial charge in [-0.25, -0.2) is 10.5 Å². The molecule has 0 saturated carbocycles. The van der Waals surface area contributed by atoms with Gasteiger partial charge in [0.15, 0.2) is 0 Å². The molecule has 0 fully saturated rings. The monoisotopic (exact) mass is 454 g/mol. The Labute approximate surface area is 185 Å². The van der Waals surface area contributed by atoms with Crippen LogP contribution in [0.1, 0.15) is 11.1 Å². The Bertz CT molecular complexity index is 684. The van der Waals surface area contributed by atoms with Crippen LogP contribution < -0.4 is 20.9 Å². The molecule has 0 bridgehead atoms. The predicted molar refractivity (Wildman–Crippen MR) is 110 cm³/mol. The third-order valence-corrected chi connectivity index (χ3v) is 2.77. The van der Waals surface area contributed by atoms with Crippen LogP contribution in [0.4, 0.5) is 11.4 Å². The summed E-state index contributed by atoms with van der Waals surface area (Å²) in [7, 11) is 3.22. The van der Waals surface area contributed by atoms with Gasteiger partial charge in [-0.3, -0.25) is 0 Å². The third-order valence-electron chi connectivity index (χ3n) is 2.77. The second kappa shape index (κ2) is 18.5. The molecule has 2 aromatic carbocycles. The first-order valence-corrected chi connectivity index (χ1v) is 7.95. The number of anilines is 2. The molecule has 2 rings (SSSR count). The smallest absolute Gasteiger partial charge is 0.696 e. The molecule has 0 aliphatic carbocycles. The van der Waals surface area contributed by atoms with Gasteiger partial charge in [0.1, 0.15) is 11.5 Å². The number of rotatable bonds is 2. The van der Waals surface area contributed by atoms with Crippen molar-refractivity contribution in [1.29, 1.82) is 10.5 Å². The van der Waals surface area contributed by atoms with Gasteiger partial charge in [0.25, 0.3) is 0 Å². The summed E-state index contributed by atoms with van der Waals surface area (Å²) in [6.07, 6.45) is 0. The molecule has 0 aliphatic rings. The summed E-state index contributed by atoms with van der Waals surface area (Å²) in [5, 5.41) is 16.9. The molecule has 6 nitrogen and oxygen atoms in total. The third kappa shape index (κ3) is 14.5. The van der Waals surface area contributed by atoms with E-state index in [1.54, 1.807) is 14.2 Å². The van der Waals surface area contributed by atoms with E-state index >= 15 is 0 Å². The minimum absolute atomic E-state index is 0. The molecule has 140 valence electrons. The minimum atomic E-state index is 0. The van der Waals surface area contributed by atoms with Gasteiger partial charge >= 0.3 is 19.5 Å². The molecule has 0 radical (unpaired) electrons. The van der Waals surface area contributed by atoms with Crippen molar-refractivity contribution in [3.05, 3.63) is 47.5 Å². The maximum atomic E-state index is 7.13. The Kier molecular flexibility index (Phi) is 20.1. The van der Waals surface area contributed by atoms with Crippen LogP contribution in [0.2, 0.25) is 0 Å². The molecule has 0 aromatic heterocycles. The average Bonchev–Trinajstić information content (AvgIpc) is 2.57. The summed E-state index contributed by atoms with van der Waals surface area (Å²) in [6, 6.07) is 11.4.